The zero-order valence-electron chi connectivity index (χ0n) is 11.7. The summed E-state index contributed by atoms with van der Waals surface area (Å²) in [6.45, 7) is 4.38. The molecule has 5 heteroatoms. The number of ether oxygens (including phenoxy) is 3. The lowest BCUT2D eigenvalue weighted by Gasteiger charge is -2.10. The lowest BCUT2D eigenvalue weighted by Crippen LogP contribution is -2.02. The Morgan fingerprint density at radius 3 is 2.32 bits per heavy atom. The molecule has 1 rings (SSSR count). The van der Waals surface area contributed by atoms with E-state index in [4.69, 9.17) is 19.5 Å². The average molecular weight is 262 g/mol. The van der Waals surface area contributed by atoms with Crippen molar-refractivity contribution in [1.29, 1.82) is 5.26 Å². The van der Waals surface area contributed by atoms with Crippen molar-refractivity contribution >= 4 is 11.6 Å². The number of hydrogen-bond donors (Lipinski definition) is 0. The van der Waals surface area contributed by atoms with Crippen LogP contribution < -0.4 is 9.47 Å². The van der Waals surface area contributed by atoms with E-state index in [1.54, 1.807) is 19.2 Å². The summed E-state index contributed by atoms with van der Waals surface area (Å²) in [6.07, 6.45) is 0.660. The molecule has 1 aromatic carbocycles. The first kappa shape index (κ1) is 14.8. The first-order chi connectivity index (χ1) is 9.19. The molecular formula is C14H18N2O3. The maximum atomic E-state index is 9.16. The fraction of sp³-hybridized carbons (Fsp3) is 0.429. The van der Waals surface area contributed by atoms with Crippen LogP contribution in [0.4, 0.5) is 5.69 Å². The Balaban J connectivity index is 3.30. The van der Waals surface area contributed by atoms with Crippen LogP contribution in [0.25, 0.3) is 0 Å². The number of methoxy groups -OCH3 is 2. The topological polar surface area (TPSA) is 63.8 Å². The largest absolute Gasteiger partial charge is 0.493 e. The lowest BCUT2D eigenvalue weighted by atomic mass is 10.1. The molecule has 0 radical (unpaired) electrons. The summed E-state index contributed by atoms with van der Waals surface area (Å²) in [4.78, 5) is 4.36. The number of aliphatic imine (C=N–C) groups is 1. The molecule has 0 aliphatic rings. The van der Waals surface area contributed by atoms with E-state index in [1.807, 2.05) is 13.8 Å². The molecule has 0 aliphatic carbocycles. The summed E-state index contributed by atoms with van der Waals surface area (Å²) in [7, 11) is 3.07. The molecule has 1 aromatic rings. The van der Waals surface area contributed by atoms with E-state index in [9.17, 15) is 0 Å². The van der Waals surface area contributed by atoms with Gasteiger partial charge in [-0.15, -0.1) is 0 Å². The smallest absolute Gasteiger partial charge is 0.188 e. The number of rotatable bonds is 5. The molecule has 0 fully saturated rings. The summed E-state index contributed by atoms with van der Waals surface area (Å²) in [5, 5.41) is 9.16. The van der Waals surface area contributed by atoms with Crippen LogP contribution in [0.2, 0.25) is 0 Å². The van der Waals surface area contributed by atoms with Gasteiger partial charge in [-0.3, -0.25) is 0 Å². The molecule has 19 heavy (non-hydrogen) atoms. The van der Waals surface area contributed by atoms with Crippen LogP contribution in [0.3, 0.4) is 0 Å². The first-order valence-corrected chi connectivity index (χ1v) is 6.06. The monoisotopic (exact) mass is 262 g/mol. The Hall–Kier alpha value is -2.22. The standard InChI is InChI=1S/C14H18N2O3/c1-5-14(19-6-2)16-11-8-13(18-4)12(17-3)7-10(11)9-15/h7-8H,5-6H2,1-4H3. The molecule has 0 aliphatic heterocycles. The van der Waals surface area contributed by atoms with Crippen molar-refractivity contribution in [2.75, 3.05) is 20.8 Å². The first-order valence-electron chi connectivity index (χ1n) is 6.06. The Labute approximate surface area is 113 Å². The summed E-state index contributed by atoms with van der Waals surface area (Å²) in [5.41, 5.74) is 0.939. The number of hydrogen-bond acceptors (Lipinski definition) is 5. The summed E-state index contributed by atoms with van der Waals surface area (Å²) >= 11 is 0. The van der Waals surface area contributed by atoms with E-state index in [-0.39, 0.29) is 0 Å². The Bertz CT molecular complexity index is 504. The van der Waals surface area contributed by atoms with Gasteiger partial charge in [-0.25, -0.2) is 4.99 Å². The zero-order chi connectivity index (χ0) is 14.3. The Morgan fingerprint density at radius 2 is 1.84 bits per heavy atom. The van der Waals surface area contributed by atoms with Crippen LogP contribution in [-0.4, -0.2) is 26.7 Å². The minimum absolute atomic E-state index is 0.420. The van der Waals surface area contributed by atoms with Crippen molar-refractivity contribution in [2.45, 2.75) is 20.3 Å². The Morgan fingerprint density at radius 1 is 1.21 bits per heavy atom. The van der Waals surface area contributed by atoms with Gasteiger partial charge in [0.2, 0.25) is 0 Å². The van der Waals surface area contributed by atoms with Crippen LogP contribution in [0, 0.1) is 11.3 Å². The fourth-order valence-corrected chi connectivity index (χ4v) is 1.56. The van der Waals surface area contributed by atoms with E-state index in [1.165, 1.54) is 7.11 Å². The molecule has 102 valence electrons. The van der Waals surface area contributed by atoms with Crippen LogP contribution in [0.5, 0.6) is 11.5 Å². The molecule has 0 bridgehead atoms. The van der Waals surface area contributed by atoms with Gasteiger partial charge in [0.1, 0.15) is 6.07 Å². The van der Waals surface area contributed by atoms with Gasteiger partial charge in [0, 0.05) is 18.6 Å². The van der Waals surface area contributed by atoms with Crippen LogP contribution in [-0.2, 0) is 4.74 Å². The normalized spacial score (nSPS) is 10.8. The molecule has 0 spiro atoms. The second-order valence-corrected chi connectivity index (χ2v) is 3.63. The summed E-state index contributed by atoms with van der Waals surface area (Å²) in [5.74, 6) is 1.63. The van der Waals surface area contributed by atoms with Gasteiger partial charge in [-0.2, -0.15) is 5.26 Å². The van der Waals surface area contributed by atoms with E-state index in [2.05, 4.69) is 11.1 Å². The van der Waals surface area contributed by atoms with E-state index in [0.717, 1.165) is 0 Å². The molecule has 0 saturated heterocycles. The zero-order valence-corrected chi connectivity index (χ0v) is 11.7. The third kappa shape index (κ3) is 3.62. The third-order valence-corrected chi connectivity index (χ3v) is 2.48. The van der Waals surface area contributed by atoms with Gasteiger partial charge in [0.05, 0.1) is 32.1 Å². The van der Waals surface area contributed by atoms with Crippen molar-refractivity contribution < 1.29 is 14.2 Å². The van der Waals surface area contributed by atoms with E-state index >= 15 is 0 Å². The van der Waals surface area contributed by atoms with Gasteiger partial charge in [0.15, 0.2) is 17.4 Å². The van der Waals surface area contributed by atoms with E-state index < -0.39 is 0 Å². The molecule has 0 N–H and O–H groups in total. The maximum absolute atomic E-state index is 9.16. The maximum Gasteiger partial charge on any atom is 0.188 e. The lowest BCUT2D eigenvalue weighted by molar-refractivity contribution is 0.319. The summed E-state index contributed by atoms with van der Waals surface area (Å²) < 4.78 is 15.8. The molecule has 0 heterocycles. The number of benzene rings is 1. The molecule has 5 nitrogen and oxygen atoms in total. The highest BCUT2D eigenvalue weighted by molar-refractivity contribution is 5.80. The minimum atomic E-state index is 0.420. The second-order valence-electron chi connectivity index (χ2n) is 3.63. The predicted octanol–water partition coefficient (Wildman–Crippen LogP) is 3.05. The average Bonchev–Trinajstić information content (AvgIpc) is 2.45. The highest BCUT2D eigenvalue weighted by atomic mass is 16.5. The molecule has 0 atom stereocenters. The number of nitrogens with zero attached hydrogens (tertiary/aromatic N) is 2. The second kappa shape index (κ2) is 7.27. The van der Waals surface area contributed by atoms with Crippen LogP contribution >= 0.6 is 0 Å². The van der Waals surface area contributed by atoms with Crippen LogP contribution in [0.1, 0.15) is 25.8 Å². The van der Waals surface area contributed by atoms with Crippen molar-refractivity contribution in [3.05, 3.63) is 17.7 Å². The minimum Gasteiger partial charge on any atom is -0.493 e. The van der Waals surface area contributed by atoms with Gasteiger partial charge in [-0.05, 0) is 6.92 Å². The fourth-order valence-electron chi connectivity index (χ4n) is 1.56. The quantitative estimate of drug-likeness (QED) is 0.604. The molecular weight excluding hydrogens is 244 g/mol. The van der Waals surface area contributed by atoms with Crippen molar-refractivity contribution in [1.82, 2.24) is 0 Å². The van der Waals surface area contributed by atoms with Gasteiger partial charge >= 0.3 is 0 Å². The van der Waals surface area contributed by atoms with Gasteiger partial charge in [-0.1, -0.05) is 6.92 Å². The summed E-state index contributed by atoms with van der Waals surface area (Å²) in [6, 6.07) is 5.38. The highest BCUT2D eigenvalue weighted by Gasteiger charge is 2.11. The third-order valence-electron chi connectivity index (χ3n) is 2.48. The Kier molecular flexibility index (Phi) is 5.68. The molecule has 0 saturated carbocycles. The predicted molar refractivity (Wildman–Crippen MR) is 73.3 cm³/mol. The SMILES string of the molecule is CCOC(CC)=Nc1cc(OC)c(OC)cc1C#N. The van der Waals surface area contributed by atoms with Crippen molar-refractivity contribution in [3.8, 4) is 17.6 Å². The highest BCUT2D eigenvalue weighted by Crippen LogP contribution is 2.34. The van der Waals surface area contributed by atoms with E-state index in [0.29, 0.717) is 41.7 Å². The van der Waals surface area contributed by atoms with Crippen molar-refractivity contribution in [3.63, 3.8) is 0 Å². The molecule has 0 unspecified atom stereocenters. The number of nitriles is 1. The van der Waals surface area contributed by atoms with Gasteiger partial charge in [0.25, 0.3) is 0 Å². The van der Waals surface area contributed by atoms with Crippen LogP contribution in [0.15, 0.2) is 17.1 Å². The molecule has 0 aromatic heterocycles. The van der Waals surface area contributed by atoms with Crippen molar-refractivity contribution in [2.24, 2.45) is 4.99 Å². The van der Waals surface area contributed by atoms with Gasteiger partial charge < -0.3 is 14.2 Å². The molecule has 0 amide bonds.